The SMILES string of the molecule is Cc1sc(C2CNCCO2)nc1-c1ccco1. The Morgan fingerprint density at radius 1 is 1.53 bits per heavy atom. The van der Waals surface area contributed by atoms with Gasteiger partial charge in [-0.3, -0.25) is 0 Å². The number of hydrogen-bond donors (Lipinski definition) is 1. The highest BCUT2D eigenvalue weighted by Crippen LogP contribution is 2.32. The van der Waals surface area contributed by atoms with Gasteiger partial charge >= 0.3 is 0 Å². The summed E-state index contributed by atoms with van der Waals surface area (Å²) in [4.78, 5) is 5.81. The summed E-state index contributed by atoms with van der Waals surface area (Å²) >= 11 is 1.68. The van der Waals surface area contributed by atoms with Crippen LogP contribution in [0.25, 0.3) is 11.5 Å². The van der Waals surface area contributed by atoms with Gasteiger partial charge in [0.05, 0.1) is 12.9 Å². The van der Waals surface area contributed by atoms with Gasteiger partial charge in [0.1, 0.15) is 16.8 Å². The normalized spacial score (nSPS) is 20.6. The summed E-state index contributed by atoms with van der Waals surface area (Å²) < 4.78 is 11.1. The summed E-state index contributed by atoms with van der Waals surface area (Å²) in [5, 5.41) is 4.34. The standard InChI is InChI=1S/C12H14N2O2S/c1-8-11(9-3-2-5-15-9)14-12(17-8)10-7-13-4-6-16-10/h2-3,5,10,13H,4,6-7H2,1H3. The molecular weight excluding hydrogens is 236 g/mol. The molecule has 2 aromatic heterocycles. The van der Waals surface area contributed by atoms with Crippen molar-refractivity contribution in [2.24, 2.45) is 0 Å². The Balaban J connectivity index is 1.90. The maximum absolute atomic E-state index is 5.70. The summed E-state index contributed by atoms with van der Waals surface area (Å²) in [5.74, 6) is 0.828. The Hall–Kier alpha value is -1.17. The lowest BCUT2D eigenvalue weighted by Gasteiger charge is -2.21. The highest BCUT2D eigenvalue weighted by atomic mass is 32.1. The number of rotatable bonds is 2. The lowest BCUT2D eigenvalue weighted by atomic mass is 10.3. The molecule has 5 heteroatoms. The topological polar surface area (TPSA) is 47.3 Å². The maximum atomic E-state index is 5.70. The van der Waals surface area contributed by atoms with Crippen LogP contribution in [-0.2, 0) is 4.74 Å². The van der Waals surface area contributed by atoms with Crippen molar-refractivity contribution in [1.29, 1.82) is 0 Å². The zero-order valence-electron chi connectivity index (χ0n) is 9.60. The molecule has 1 aliphatic rings. The fraction of sp³-hybridized carbons (Fsp3) is 0.417. The van der Waals surface area contributed by atoms with Crippen LogP contribution >= 0.6 is 11.3 Å². The number of aryl methyl sites for hydroxylation is 1. The minimum Gasteiger partial charge on any atom is -0.463 e. The summed E-state index contributed by atoms with van der Waals surface area (Å²) in [6.45, 7) is 4.57. The molecule has 1 fully saturated rings. The zero-order chi connectivity index (χ0) is 11.7. The van der Waals surface area contributed by atoms with Gasteiger partial charge in [0, 0.05) is 18.0 Å². The van der Waals surface area contributed by atoms with E-state index in [9.17, 15) is 0 Å². The first-order chi connectivity index (χ1) is 8.34. The van der Waals surface area contributed by atoms with Gasteiger partial charge in [0.25, 0.3) is 0 Å². The van der Waals surface area contributed by atoms with E-state index < -0.39 is 0 Å². The van der Waals surface area contributed by atoms with Crippen molar-refractivity contribution in [2.75, 3.05) is 19.7 Å². The van der Waals surface area contributed by atoms with Crippen molar-refractivity contribution in [2.45, 2.75) is 13.0 Å². The Kier molecular flexibility index (Phi) is 2.96. The number of hydrogen-bond acceptors (Lipinski definition) is 5. The second-order valence-corrected chi connectivity index (χ2v) is 5.23. The van der Waals surface area contributed by atoms with E-state index >= 15 is 0 Å². The van der Waals surface area contributed by atoms with Gasteiger partial charge in [-0.05, 0) is 19.1 Å². The predicted molar refractivity (Wildman–Crippen MR) is 66.1 cm³/mol. The highest BCUT2D eigenvalue weighted by molar-refractivity contribution is 7.12. The van der Waals surface area contributed by atoms with Crippen LogP contribution in [0.15, 0.2) is 22.8 Å². The van der Waals surface area contributed by atoms with Gasteiger partial charge in [-0.1, -0.05) is 0 Å². The molecule has 0 aliphatic carbocycles. The largest absolute Gasteiger partial charge is 0.463 e. The average Bonchev–Trinajstić information content (AvgIpc) is 2.99. The number of nitrogens with one attached hydrogen (secondary N) is 1. The van der Waals surface area contributed by atoms with E-state index in [4.69, 9.17) is 9.15 Å². The van der Waals surface area contributed by atoms with E-state index in [0.29, 0.717) is 0 Å². The molecule has 1 N–H and O–H groups in total. The van der Waals surface area contributed by atoms with E-state index in [1.54, 1.807) is 17.6 Å². The number of nitrogens with zero attached hydrogens (tertiary/aromatic N) is 1. The van der Waals surface area contributed by atoms with Crippen molar-refractivity contribution in [3.63, 3.8) is 0 Å². The molecule has 0 saturated carbocycles. The maximum Gasteiger partial charge on any atom is 0.153 e. The van der Waals surface area contributed by atoms with Crippen molar-refractivity contribution in [3.8, 4) is 11.5 Å². The van der Waals surface area contributed by atoms with Crippen LogP contribution in [0, 0.1) is 6.92 Å². The van der Waals surface area contributed by atoms with E-state index in [2.05, 4.69) is 17.2 Å². The molecule has 90 valence electrons. The van der Waals surface area contributed by atoms with Crippen molar-refractivity contribution in [1.82, 2.24) is 10.3 Å². The Labute approximate surface area is 104 Å². The third-order valence-electron chi connectivity index (χ3n) is 2.77. The van der Waals surface area contributed by atoms with E-state index in [1.807, 2.05) is 12.1 Å². The third-order valence-corrected chi connectivity index (χ3v) is 3.83. The third kappa shape index (κ3) is 2.13. The van der Waals surface area contributed by atoms with E-state index in [1.165, 1.54) is 4.88 Å². The van der Waals surface area contributed by atoms with Crippen LogP contribution in [0.5, 0.6) is 0 Å². The molecule has 0 amide bonds. The second-order valence-electron chi connectivity index (χ2n) is 4.00. The molecule has 3 heterocycles. The highest BCUT2D eigenvalue weighted by Gasteiger charge is 2.21. The first kappa shape index (κ1) is 11.0. The predicted octanol–water partition coefficient (Wildman–Crippen LogP) is 2.37. The van der Waals surface area contributed by atoms with Gasteiger partial charge in [-0.25, -0.2) is 4.98 Å². The van der Waals surface area contributed by atoms with Gasteiger partial charge in [-0.2, -0.15) is 0 Å². The van der Waals surface area contributed by atoms with Gasteiger partial charge in [0.15, 0.2) is 5.76 Å². The molecule has 2 aromatic rings. The lowest BCUT2D eigenvalue weighted by Crippen LogP contribution is -2.33. The summed E-state index contributed by atoms with van der Waals surface area (Å²) in [6, 6.07) is 3.82. The van der Waals surface area contributed by atoms with Gasteiger partial charge in [0.2, 0.25) is 0 Å². The van der Waals surface area contributed by atoms with Crippen LogP contribution in [0.3, 0.4) is 0 Å². The monoisotopic (exact) mass is 250 g/mol. The first-order valence-electron chi connectivity index (χ1n) is 5.68. The molecule has 1 saturated heterocycles. The van der Waals surface area contributed by atoms with E-state index in [-0.39, 0.29) is 6.10 Å². The molecular formula is C12H14N2O2S. The van der Waals surface area contributed by atoms with Crippen molar-refractivity contribution >= 4 is 11.3 Å². The van der Waals surface area contributed by atoms with Crippen LogP contribution in [0.1, 0.15) is 16.0 Å². The molecule has 0 radical (unpaired) electrons. The summed E-state index contributed by atoms with van der Waals surface area (Å²) in [7, 11) is 0. The Bertz CT molecular complexity index is 487. The molecule has 1 aliphatic heterocycles. The lowest BCUT2D eigenvalue weighted by molar-refractivity contribution is 0.0276. The minimum atomic E-state index is 0.0798. The fourth-order valence-electron chi connectivity index (χ4n) is 1.92. The van der Waals surface area contributed by atoms with Crippen LogP contribution in [0.4, 0.5) is 0 Å². The minimum absolute atomic E-state index is 0.0798. The Morgan fingerprint density at radius 2 is 2.47 bits per heavy atom. The van der Waals surface area contributed by atoms with Crippen LogP contribution in [-0.4, -0.2) is 24.7 Å². The molecule has 4 nitrogen and oxygen atoms in total. The van der Waals surface area contributed by atoms with Gasteiger partial charge in [-0.15, -0.1) is 11.3 Å². The molecule has 1 atom stereocenters. The number of morpholine rings is 1. The molecule has 0 spiro atoms. The number of aromatic nitrogens is 1. The zero-order valence-corrected chi connectivity index (χ0v) is 10.4. The smallest absolute Gasteiger partial charge is 0.153 e. The number of ether oxygens (including phenoxy) is 1. The fourth-order valence-corrected chi connectivity index (χ4v) is 2.90. The first-order valence-corrected chi connectivity index (χ1v) is 6.50. The molecule has 0 bridgehead atoms. The van der Waals surface area contributed by atoms with E-state index in [0.717, 1.165) is 36.2 Å². The second kappa shape index (κ2) is 4.60. The quantitative estimate of drug-likeness (QED) is 0.889. The van der Waals surface area contributed by atoms with Gasteiger partial charge < -0.3 is 14.5 Å². The summed E-state index contributed by atoms with van der Waals surface area (Å²) in [6.07, 6.45) is 1.75. The summed E-state index contributed by atoms with van der Waals surface area (Å²) in [5.41, 5.74) is 0.934. The van der Waals surface area contributed by atoms with Crippen molar-refractivity contribution in [3.05, 3.63) is 28.3 Å². The average molecular weight is 250 g/mol. The molecule has 17 heavy (non-hydrogen) atoms. The number of thiazole rings is 1. The number of furan rings is 1. The molecule has 3 rings (SSSR count). The van der Waals surface area contributed by atoms with Crippen LogP contribution in [0.2, 0.25) is 0 Å². The Morgan fingerprint density at radius 3 is 3.18 bits per heavy atom. The molecule has 0 aromatic carbocycles. The molecule has 1 unspecified atom stereocenters. The van der Waals surface area contributed by atoms with Crippen molar-refractivity contribution < 1.29 is 9.15 Å². The van der Waals surface area contributed by atoms with Crippen LogP contribution < -0.4 is 5.32 Å².